The Morgan fingerprint density at radius 1 is 0.867 bits per heavy atom. The number of nitrogens with one attached hydrogen (secondary N) is 1. The molecule has 0 fully saturated rings. The highest BCUT2D eigenvalue weighted by molar-refractivity contribution is 7.51. The lowest BCUT2D eigenvalue weighted by molar-refractivity contribution is 0.266. The molecule has 10 nitrogen and oxygen atoms in total. The maximum Gasteiger partial charge on any atom is 0.301 e. The Hall–Kier alpha value is -4.21. The number of H-pyrrole nitrogens is 1. The number of aromatic nitrogens is 3. The summed E-state index contributed by atoms with van der Waals surface area (Å²) < 4.78 is 14.4. The van der Waals surface area contributed by atoms with Gasteiger partial charge in [0, 0.05) is 0 Å². The Bertz CT molecular complexity index is 1310. The van der Waals surface area contributed by atoms with Gasteiger partial charge in [0.15, 0.2) is 5.75 Å². The molecule has 0 saturated carbocycles. The number of rotatable bonds is 4. The molecular weight excluding hydrogens is 441 g/mol. The molecular formula is C17H7N8O2P3. The summed E-state index contributed by atoms with van der Waals surface area (Å²) in [5.41, 5.74) is -1.63. The van der Waals surface area contributed by atoms with Crippen LogP contribution in [0.1, 0.15) is 27.8 Å². The Morgan fingerprint density at radius 3 is 1.93 bits per heavy atom. The van der Waals surface area contributed by atoms with Crippen LogP contribution in [0, 0.1) is 56.7 Å². The molecule has 1 aromatic heterocycles. The van der Waals surface area contributed by atoms with Crippen LogP contribution < -0.4 is 9.36 Å². The molecule has 30 heavy (non-hydrogen) atoms. The molecule has 13 heteroatoms. The minimum Gasteiger partial charge on any atom is -0.414 e. The zero-order chi connectivity index (χ0) is 21.5. The van der Waals surface area contributed by atoms with Gasteiger partial charge in [0.1, 0.15) is 55.7 Å². The van der Waals surface area contributed by atoms with Crippen molar-refractivity contribution in [2.24, 2.45) is 0 Å². The third kappa shape index (κ3) is 3.83. The van der Waals surface area contributed by atoms with E-state index in [9.17, 15) is 26.3 Å². The number of para-hydroxylation sites is 1. The van der Waals surface area contributed by atoms with Crippen LogP contribution >= 0.6 is 25.1 Å². The maximum absolute atomic E-state index is 9.60. The third-order valence-corrected chi connectivity index (χ3v) is 7.23. The largest absolute Gasteiger partial charge is 0.414 e. The standard InChI is InChI=1S/C17H7N8O2P3/c18-6-12-13(7-19)15(9-21)17(16(10-22)14(12)8-20)26-25-29-23-28-24-30(25)27-11-4-2-1-3-5-11/h1-5,29H,(H,23,24). The quantitative estimate of drug-likeness (QED) is 0.624. The van der Waals surface area contributed by atoms with Gasteiger partial charge in [-0.3, -0.25) is 4.51 Å². The number of benzene rings is 2. The molecule has 3 aromatic rings. The van der Waals surface area contributed by atoms with Crippen molar-refractivity contribution in [1.29, 1.82) is 26.3 Å². The monoisotopic (exact) mass is 448 g/mol. The minimum absolute atomic E-state index is 0.152. The van der Waals surface area contributed by atoms with E-state index in [-0.39, 0.29) is 42.1 Å². The van der Waals surface area contributed by atoms with Crippen LogP contribution in [-0.4, -0.2) is 13.3 Å². The highest BCUT2D eigenvalue weighted by Gasteiger charge is 2.27. The van der Waals surface area contributed by atoms with E-state index in [2.05, 4.69) is 9.02 Å². The molecule has 2 atom stereocenters. The predicted octanol–water partition coefficient (Wildman–Crippen LogP) is 3.98. The second-order valence-corrected chi connectivity index (χ2v) is 9.07. The molecule has 0 bridgehead atoms. The van der Waals surface area contributed by atoms with Crippen molar-refractivity contribution in [3.63, 3.8) is 0 Å². The first-order chi connectivity index (χ1) is 14.7. The van der Waals surface area contributed by atoms with Crippen LogP contribution in [0.25, 0.3) is 0 Å². The molecule has 142 valence electrons. The molecule has 3 rings (SSSR count). The summed E-state index contributed by atoms with van der Waals surface area (Å²) >= 11 is 0. The van der Waals surface area contributed by atoms with Crippen molar-refractivity contribution in [3.05, 3.63) is 58.1 Å². The van der Waals surface area contributed by atoms with E-state index in [1.54, 1.807) is 54.6 Å². The highest BCUT2D eigenvalue weighted by Crippen LogP contribution is 2.37. The summed E-state index contributed by atoms with van der Waals surface area (Å²) in [5, 5.41) is 47.5. The first-order valence-corrected chi connectivity index (χ1v) is 10.8. The van der Waals surface area contributed by atoms with Crippen molar-refractivity contribution < 1.29 is 9.36 Å². The van der Waals surface area contributed by atoms with E-state index in [1.807, 2.05) is 6.07 Å². The van der Waals surface area contributed by atoms with Gasteiger partial charge < -0.3 is 9.36 Å². The average Bonchev–Trinajstić information content (AvgIpc) is 2.79. The van der Waals surface area contributed by atoms with Gasteiger partial charge in [-0.1, -0.05) is 22.5 Å². The molecule has 0 aliphatic carbocycles. The Labute approximate surface area is 174 Å². The highest BCUT2D eigenvalue weighted by atomic mass is 31.2. The van der Waals surface area contributed by atoms with Crippen molar-refractivity contribution in [2.75, 3.05) is 0 Å². The van der Waals surface area contributed by atoms with E-state index in [1.165, 1.54) is 4.26 Å². The van der Waals surface area contributed by atoms with Crippen molar-refractivity contribution >= 4 is 25.1 Å². The Balaban J connectivity index is 2.21. The van der Waals surface area contributed by atoms with Gasteiger partial charge in [-0.05, 0) is 12.1 Å². The van der Waals surface area contributed by atoms with E-state index in [4.69, 9.17) is 9.36 Å². The molecule has 1 heterocycles. The van der Waals surface area contributed by atoms with E-state index < -0.39 is 8.08 Å². The SMILES string of the molecule is N#Cc1c(C#N)c(C#N)c(On2[pH][nH]pnp2Oc2ccccc2)c(C#N)c1C#N. The summed E-state index contributed by atoms with van der Waals surface area (Å²) in [6.45, 7) is 0. The molecule has 0 aliphatic rings. The number of aromatic amines is 1. The van der Waals surface area contributed by atoms with E-state index in [0.717, 1.165) is 0 Å². The summed E-state index contributed by atoms with van der Waals surface area (Å²) in [5.74, 6) is 0.249. The van der Waals surface area contributed by atoms with Gasteiger partial charge in [0.25, 0.3) is 0 Å². The summed E-state index contributed by atoms with van der Waals surface area (Å²) in [6.07, 6.45) is 0. The lowest BCUT2D eigenvalue weighted by Crippen LogP contribution is -2.10. The number of hydrogen-bond acceptors (Lipinski definition) is 8. The van der Waals surface area contributed by atoms with Crippen molar-refractivity contribution in [1.82, 2.24) is 13.3 Å². The number of hydrogen-bond donors (Lipinski definition) is 1. The zero-order valence-electron chi connectivity index (χ0n) is 14.7. The van der Waals surface area contributed by atoms with Crippen LogP contribution in [0.3, 0.4) is 0 Å². The lowest BCUT2D eigenvalue weighted by atomic mass is 9.93. The Kier molecular flexibility index (Phi) is 6.38. The molecule has 0 saturated heterocycles. The smallest absolute Gasteiger partial charge is 0.301 e. The fourth-order valence-electron chi connectivity index (χ4n) is 2.35. The van der Waals surface area contributed by atoms with Crippen LogP contribution in [0.5, 0.6) is 11.5 Å². The average molecular weight is 448 g/mol. The second-order valence-electron chi connectivity index (χ2n) is 5.20. The van der Waals surface area contributed by atoms with Gasteiger partial charge in [-0.25, -0.2) is 0 Å². The van der Waals surface area contributed by atoms with Crippen LogP contribution in [0.15, 0.2) is 30.3 Å². The molecule has 2 unspecified atom stereocenters. The van der Waals surface area contributed by atoms with Gasteiger partial charge in [0.05, 0.1) is 25.2 Å². The van der Waals surface area contributed by atoms with Crippen LogP contribution in [0.4, 0.5) is 0 Å². The molecule has 0 amide bonds. The number of nitrogens with zero attached hydrogens (tertiary/aromatic N) is 7. The van der Waals surface area contributed by atoms with Gasteiger partial charge >= 0.3 is 8.08 Å². The maximum atomic E-state index is 9.60. The van der Waals surface area contributed by atoms with Gasteiger partial charge in [-0.15, -0.1) is 4.51 Å². The summed E-state index contributed by atoms with van der Waals surface area (Å²) in [7, 11) is -1.27. The van der Waals surface area contributed by atoms with E-state index >= 15 is 0 Å². The summed E-state index contributed by atoms with van der Waals surface area (Å²) in [4.78, 5) is 5.80. The first kappa shape index (κ1) is 20.5. The van der Waals surface area contributed by atoms with Crippen molar-refractivity contribution in [2.45, 2.75) is 0 Å². The lowest BCUT2D eigenvalue weighted by Gasteiger charge is -2.16. The Morgan fingerprint density at radius 2 is 1.40 bits per heavy atom. The van der Waals surface area contributed by atoms with E-state index in [0.29, 0.717) is 14.3 Å². The number of nitriles is 5. The third-order valence-electron chi connectivity index (χ3n) is 3.59. The van der Waals surface area contributed by atoms with Crippen molar-refractivity contribution in [3.8, 4) is 41.8 Å². The second kappa shape index (κ2) is 9.32. The first-order valence-electron chi connectivity index (χ1n) is 7.85. The fourth-order valence-corrected chi connectivity index (χ4v) is 6.09. The predicted molar refractivity (Wildman–Crippen MR) is 107 cm³/mol. The molecule has 0 aliphatic heterocycles. The van der Waals surface area contributed by atoms with Crippen LogP contribution in [-0.2, 0) is 0 Å². The topological polar surface area (TPSA) is 171 Å². The molecule has 2 aromatic carbocycles. The van der Waals surface area contributed by atoms with Gasteiger partial charge in [0.2, 0.25) is 0 Å². The zero-order valence-corrected chi connectivity index (χ0v) is 17.5. The summed E-state index contributed by atoms with van der Waals surface area (Å²) in [6, 6.07) is 17.7. The fraction of sp³-hybridized carbons (Fsp3) is 0. The normalized spacial score (nSPS) is 10.3. The minimum atomic E-state index is -1.69. The van der Waals surface area contributed by atoms with Crippen LogP contribution in [0.2, 0.25) is 0 Å². The molecule has 0 spiro atoms. The van der Waals surface area contributed by atoms with Gasteiger partial charge in [-0.2, -0.15) is 26.3 Å². The molecule has 0 radical (unpaired) electrons. The molecule has 1 N–H and O–H groups in total.